The molecule has 1 saturated heterocycles. The molecule has 0 saturated carbocycles. The molecule has 1 aliphatic heterocycles. The number of halogens is 2. The zero-order valence-electron chi connectivity index (χ0n) is 15.7. The average Bonchev–Trinajstić information content (AvgIpc) is 2.72. The maximum Gasteiger partial charge on any atom is 0.317 e. The summed E-state index contributed by atoms with van der Waals surface area (Å²) in [5, 5.41) is 2.79. The number of hydrogen-bond donors (Lipinski definition) is 1. The van der Waals surface area contributed by atoms with Crippen LogP contribution in [-0.4, -0.2) is 57.4 Å². The van der Waals surface area contributed by atoms with Crippen molar-refractivity contribution in [2.75, 3.05) is 51.3 Å². The fraction of sp³-hybridized carbons (Fsp3) is 0.350. The van der Waals surface area contributed by atoms with Crippen LogP contribution in [0, 0.1) is 11.6 Å². The van der Waals surface area contributed by atoms with Gasteiger partial charge in [0.1, 0.15) is 35.4 Å². The summed E-state index contributed by atoms with van der Waals surface area (Å²) < 4.78 is 38.4. The summed E-state index contributed by atoms with van der Waals surface area (Å²) in [5.41, 5.74) is -0.0320. The first-order valence-corrected chi connectivity index (χ1v) is 9.07. The molecule has 0 radical (unpaired) electrons. The van der Waals surface area contributed by atoms with Gasteiger partial charge in [-0.15, -0.1) is 0 Å². The third-order valence-electron chi connectivity index (χ3n) is 4.53. The van der Waals surface area contributed by atoms with E-state index in [0.29, 0.717) is 45.1 Å². The number of ether oxygens (including phenoxy) is 2. The number of anilines is 1. The molecule has 1 heterocycles. The SMILES string of the molecule is COc1ccc(OCCNC(=O)N2CCN(c3c(F)cccc3F)CC2)cc1. The number of nitrogens with one attached hydrogen (secondary N) is 1. The van der Waals surface area contributed by atoms with Crippen LogP contribution in [0.15, 0.2) is 42.5 Å². The smallest absolute Gasteiger partial charge is 0.317 e. The van der Waals surface area contributed by atoms with E-state index in [1.165, 1.54) is 18.2 Å². The highest BCUT2D eigenvalue weighted by atomic mass is 19.1. The molecule has 6 nitrogen and oxygen atoms in total. The fourth-order valence-corrected chi connectivity index (χ4v) is 3.03. The summed E-state index contributed by atoms with van der Waals surface area (Å²) in [6.07, 6.45) is 0. The molecule has 0 unspecified atom stereocenters. The second-order valence-corrected chi connectivity index (χ2v) is 6.30. The van der Waals surface area contributed by atoms with Gasteiger partial charge in [-0.05, 0) is 36.4 Å². The lowest BCUT2D eigenvalue weighted by atomic mass is 10.2. The summed E-state index contributed by atoms with van der Waals surface area (Å²) in [7, 11) is 1.60. The Morgan fingerprint density at radius 3 is 2.21 bits per heavy atom. The largest absolute Gasteiger partial charge is 0.497 e. The molecule has 0 atom stereocenters. The summed E-state index contributed by atoms with van der Waals surface area (Å²) in [6.45, 7) is 2.20. The monoisotopic (exact) mass is 391 g/mol. The van der Waals surface area contributed by atoms with Gasteiger partial charge < -0.3 is 24.6 Å². The van der Waals surface area contributed by atoms with E-state index in [0.717, 1.165) is 5.75 Å². The minimum absolute atomic E-state index is 0.0320. The topological polar surface area (TPSA) is 54.0 Å². The Bertz CT molecular complexity index is 774. The molecule has 0 bridgehead atoms. The predicted octanol–water partition coefficient (Wildman–Crippen LogP) is 2.88. The van der Waals surface area contributed by atoms with Crippen molar-refractivity contribution >= 4 is 11.7 Å². The van der Waals surface area contributed by atoms with Crippen molar-refractivity contribution in [2.24, 2.45) is 0 Å². The van der Waals surface area contributed by atoms with E-state index < -0.39 is 11.6 Å². The third kappa shape index (κ3) is 4.82. The van der Waals surface area contributed by atoms with Crippen molar-refractivity contribution < 1.29 is 23.0 Å². The highest BCUT2D eigenvalue weighted by Gasteiger charge is 2.24. The van der Waals surface area contributed by atoms with Crippen LogP contribution in [0.25, 0.3) is 0 Å². The Morgan fingerprint density at radius 1 is 1.00 bits per heavy atom. The van der Waals surface area contributed by atoms with Crippen LogP contribution in [0.2, 0.25) is 0 Å². The number of carbonyl (C=O) groups excluding carboxylic acids is 1. The lowest BCUT2D eigenvalue weighted by molar-refractivity contribution is 0.191. The standard InChI is InChI=1S/C20H23F2N3O3/c1-27-15-5-7-16(8-6-15)28-14-9-23-20(26)25-12-10-24(11-13-25)19-17(21)3-2-4-18(19)22/h2-8H,9-14H2,1H3,(H,23,26). The van der Waals surface area contributed by atoms with Crippen molar-refractivity contribution in [3.05, 3.63) is 54.1 Å². The van der Waals surface area contributed by atoms with E-state index >= 15 is 0 Å². The van der Waals surface area contributed by atoms with E-state index in [2.05, 4.69) is 5.32 Å². The summed E-state index contributed by atoms with van der Waals surface area (Å²) in [5.74, 6) is 0.257. The number of rotatable bonds is 6. The molecular weight excluding hydrogens is 368 g/mol. The number of benzene rings is 2. The minimum atomic E-state index is -0.589. The van der Waals surface area contributed by atoms with Gasteiger partial charge in [-0.1, -0.05) is 6.07 Å². The number of nitrogens with zero attached hydrogens (tertiary/aromatic N) is 2. The molecule has 2 amide bonds. The molecule has 0 aromatic heterocycles. The van der Waals surface area contributed by atoms with Gasteiger partial charge in [0, 0.05) is 26.2 Å². The Balaban J connectivity index is 1.40. The van der Waals surface area contributed by atoms with Gasteiger partial charge in [0.05, 0.1) is 13.7 Å². The van der Waals surface area contributed by atoms with E-state index in [4.69, 9.17) is 9.47 Å². The van der Waals surface area contributed by atoms with Crippen molar-refractivity contribution in [3.8, 4) is 11.5 Å². The number of para-hydroxylation sites is 1. The predicted molar refractivity (Wildman–Crippen MR) is 102 cm³/mol. The first-order valence-electron chi connectivity index (χ1n) is 9.07. The number of amides is 2. The molecule has 1 aliphatic rings. The lowest BCUT2D eigenvalue weighted by Crippen LogP contribution is -2.52. The molecule has 8 heteroatoms. The lowest BCUT2D eigenvalue weighted by Gasteiger charge is -2.36. The number of methoxy groups -OCH3 is 1. The summed E-state index contributed by atoms with van der Waals surface area (Å²) >= 11 is 0. The second-order valence-electron chi connectivity index (χ2n) is 6.30. The Hall–Kier alpha value is -3.03. The Labute approximate surface area is 162 Å². The fourth-order valence-electron chi connectivity index (χ4n) is 3.03. The summed E-state index contributed by atoms with van der Waals surface area (Å²) in [6, 6.07) is 10.8. The van der Waals surface area contributed by atoms with Crippen LogP contribution < -0.4 is 19.7 Å². The van der Waals surface area contributed by atoms with Gasteiger partial charge in [0.2, 0.25) is 0 Å². The van der Waals surface area contributed by atoms with Crippen molar-refractivity contribution in [1.82, 2.24) is 10.2 Å². The number of urea groups is 1. The van der Waals surface area contributed by atoms with Crippen molar-refractivity contribution in [3.63, 3.8) is 0 Å². The molecule has 1 fully saturated rings. The molecule has 1 N–H and O–H groups in total. The van der Waals surface area contributed by atoms with E-state index in [-0.39, 0.29) is 11.7 Å². The van der Waals surface area contributed by atoms with E-state index in [9.17, 15) is 13.6 Å². The molecule has 2 aromatic carbocycles. The van der Waals surface area contributed by atoms with Crippen LogP contribution in [-0.2, 0) is 0 Å². The normalized spacial score (nSPS) is 14.0. The van der Waals surface area contributed by atoms with Crippen LogP contribution in [0.5, 0.6) is 11.5 Å². The van der Waals surface area contributed by atoms with Crippen LogP contribution in [0.3, 0.4) is 0 Å². The van der Waals surface area contributed by atoms with Crippen LogP contribution in [0.1, 0.15) is 0 Å². The van der Waals surface area contributed by atoms with E-state index in [1.54, 1.807) is 41.2 Å². The highest BCUT2D eigenvalue weighted by Crippen LogP contribution is 2.24. The number of carbonyl (C=O) groups is 1. The first-order chi connectivity index (χ1) is 13.6. The number of hydrogen-bond acceptors (Lipinski definition) is 4. The quantitative estimate of drug-likeness (QED) is 0.770. The van der Waals surface area contributed by atoms with Crippen LogP contribution in [0.4, 0.5) is 19.3 Å². The molecule has 28 heavy (non-hydrogen) atoms. The Kier molecular flexibility index (Phi) is 6.52. The first kappa shape index (κ1) is 19.7. The minimum Gasteiger partial charge on any atom is -0.497 e. The Morgan fingerprint density at radius 2 is 1.61 bits per heavy atom. The van der Waals surface area contributed by atoms with Crippen molar-refractivity contribution in [1.29, 1.82) is 0 Å². The second kappa shape index (κ2) is 9.25. The molecule has 150 valence electrons. The van der Waals surface area contributed by atoms with Crippen LogP contribution >= 0.6 is 0 Å². The van der Waals surface area contributed by atoms with Gasteiger partial charge in [0.25, 0.3) is 0 Å². The molecule has 0 spiro atoms. The molecule has 0 aliphatic carbocycles. The van der Waals surface area contributed by atoms with Gasteiger partial charge in [-0.25, -0.2) is 13.6 Å². The third-order valence-corrected chi connectivity index (χ3v) is 4.53. The summed E-state index contributed by atoms with van der Waals surface area (Å²) in [4.78, 5) is 15.5. The van der Waals surface area contributed by atoms with Gasteiger partial charge in [0.15, 0.2) is 0 Å². The zero-order chi connectivity index (χ0) is 19.9. The number of piperazine rings is 1. The maximum atomic E-state index is 13.9. The highest BCUT2D eigenvalue weighted by molar-refractivity contribution is 5.74. The van der Waals surface area contributed by atoms with Crippen molar-refractivity contribution in [2.45, 2.75) is 0 Å². The van der Waals surface area contributed by atoms with Gasteiger partial charge in [-0.2, -0.15) is 0 Å². The average molecular weight is 391 g/mol. The molecular formula is C20H23F2N3O3. The zero-order valence-corrected chi connectivity index (χ0v) is 15.7. The molecule has 2 aromatic rings. The van der Waals surface area contributed by atoms with Gasteiger partial charge in [-0.3, -0.25) is 0 Å². The van der Waals surface area contributed by atoms with Gasteiger partial charge >= 0.3 is 6.03 Å². The molecule has 3 rings (SSSR count). The maximum absolute atomic E-state index is 13.9. The van der Waals surface area contributed by atoms with E-state index in [1.807, 2.05) is 0 Å².